The first-order chi connectivity index (χ1) is 18.8. The van der Waals surface area contributed by atoms with Crippen LogP contribution < -0.4 is 0 Å². The molecule has 0 aromatic heterocycles. The van der Waals surface area contributed by atoms with Crippen molar-refractivity contribution in [1.82, 2.24) is 0 Å². The van der Waals surface area contributed by atoms with Gasteiger partial charge in [-0.3, -0.25) is 9.11 Å². The Labute approximate surface area is 245 Å². The highest BCUT2D eigenvalue weighted by Gasteiger charge is 2.04. The molecule has 3 N–H and O–H groups in total. The van der Waals surface area contributed by atoms with E-state index in [2.05, 4.69) is 13.8 Å². The van der Waals surface area contributed by atoms with Gasteiger partial charge in [0.25, 0.3) is 0 Å². The summed E-state index contributed by atoms with van der Waals surface area (Å²) in [5.74, 6) is 0. The van der Waals surface area contributed by atoms with Crippen LogP contribution in [0.4, 0.5) is 0 Å². The predicted molar refractivity (Wildman–Crippen MR) is 170 cm³/mol. The molecule has 238 valence electrons. The Balaban J connectivity index is 0. The molecule has 6 heteroatoms. The maximum atomic E-state index is 10.2. The average Bonchev–Trinajstić information content (AvgIpc) is 2.88. The highest BCUT2D eigenvalue weighted by atomic mass is 32.3. The molecule has 0 radical (unpaired) electrons. The van der Waals surface area contributed by atoms with Crippen molar-refractivity contribution >= 4 is 10.4 Å². The van der Waals surface area contributed by atoms with E-state index in [1.165, 1.54) is 180 Å². The van der Waals surface area contributed by atoms with Crippen molar-refractivity contribution in [2.45, 2.75) is 213 Å². The Morgan fingerprint density at radius 2 is 0.538 bits per heavy atom. The zero-order chi connectivity index (χ0) is 29.3. The summed E-state index contributed by atoms with van der Waals surface area (Å²) in [6, 6.07) is 0. The lowest BCUT2D eigenvalue weighted by atomic mass is 10.0. The van der Waals surface area contributed by atoms with Crippen molar-refractivity contribution in [3.05, 3.63) is 0 Å². The summed E-state index contributed by atoms with van der Waals surface area (Å²) >= 11 is 0. The van der Waals surface area contributed by atoms with Gasteiger partial charge >= 0.3 is 10.4 Å². The minimum absolute atomic E-state index is 0.0327. The fraction of sp³-hybridized carbons (Fsp3) is 1.00. The van der Waals surface area contributed by atoms with Crippen LogP contribution in [0, 0.1) is 0 Å². The number of rotatable bonds is 30. The first-order valence-corrected chi connectivity index (χ1v) is 18.6. The zero-order valence-electron chi connectivity index (χ0n) is 26.4. The molecule has 0 unspecified atom stereocenters. The molecule has 0 amide bonds. The summed E-state index contributed by atoms with van der Waals surface area (Å²) in [5.41, 5.74) is 0. The van der Waals surface area contributed by atoms with Gasteiger partial charge in [0.05, 0.1) is 6.10 Å². The zero-order valence-corrected chi connectivity index (χ0v) is 27.2. The summed E-state index contributed by atoms with van der Waals surface area (Å²) < 4.78 is 31.6. The van der Waals surface area contributed by atoms with E-state index in [9.17, 15) is 5.11 Å². The molecule has 0 aliphatic rings. The van der Waals surface area contributed by atoms with Crippen LogP contribution in [0.2, 0.25) is 0 Å². The highest BCUT2D eigenvalue weighted by molar-refractivity contribution is 7.79. The maximum Gasteiger partial charge on any atom is 0.394 e. The van der Waals surface area contributed by atoms with Gasteiger partial charge in [0, 0.05) is 0 Å². The summed E-state index contributed by atoms with van der Waals surface area (Å²) in [6.45, 7) is 4.59. The molecule has 0 spiro atoms. The van der Waals surface area contributed by atoms with Gasteiger partial charge in [0.1, 0.15) is 0 Å². The number of aliphatic hydroxyl groups is 1. The largest absolute Gasteiger partial charge is 0.394 e. The van der Waals surface area contributed by atoms with Crippen LogP contribution >= 0.6 is 0 Å². The van der Waals surface area contributed by atoms with Gasteiger partial charge in [-0.05, 0) is 12.8 Å². The van der Waals surface area contributed by atoms with Crippen LogP contribution in [0.1, 0.15) is 206 Å². The van der Waals surface area contributed by atoms with Crippen LogP contribution in [-0.4, -0.2) is 28.7 Å². The minimum Gasteiger partial charge on any atom is -0.393 e. The van der Waals surface area contributed by atoms with Crippen molar-refractivity contribution in [3.63, 3.8) is 0 Å². The molecule has 0 aliphatic carbocycles. The van der Waals surface area contributed by atoms with Crippen LogP contribution in [0.15, 0.2) is 0 Å². The monoisotopic (exact) mass is 578 g/mol. The Bertz CT molecular complexity index is 498. The fourth-order valence-electron chi connectivity index (χ4n) is 5.29. The van der Waals surface area contributed by atoms with Crippen molar-refractivity contribution in [3.8, 4) is 0 Å². The molecular weight excluding hydrogens is 508 g/mol. The van der Waals surface area contributed by atoms with E-state index in [4.69, 9.17) is 17.5 Å². The highest BCUT2D eigenvalue weighted by Crippen LogP contribution is 2.17. The van der Waals surface area contributed by atoms with Gasteiger partial charge in [-0.1, -0.05) is 194 Å². The Morgan fingerprint density at radius 1 is 0.385 bits per heavy atom. The van der Waals surface area contributed by atoms with E-state index >= 15 is 0 Å². The van der Waals surface area contributed by atoms with E-state index in [0.29, 0.717) is 0 Å². The number of aliphatic hydroxyl groups excluding tert-OH is 1. The van der Waals surface area contributed by atoms with E-state index < -0.39 is 10.4 Å². The molecule has 0 atom stereocenters. The number of hydrogen-bond acceptors (Lipinski definition) is 3. The molecule has 0 rings (SSSR count). The molecule has 39 heavy (non-hydrogen) atoms. The molecule has 0 saturated heterocycles. The Hall–Kier alpha value is -0.170. The summed E-state index contributed by atoms with van der Waals surface area (Å²) in [5, 5.41) is 10.2. The normalized spacial score (nSPS) is 11.6. The van der Waals surface area contributed by atoms with Gasteiger partial charge in [0.2, 0.25) is 0 Å². The lowest BCUT2D eigenvalue weighted by Crippen LogP contribution is -2.05. The van der Waals surface area contributed by atoms with Gasteiger partial charge in [-0.15, -0.1) is 0 Å². The van der Waals surface area contributed by atoms with Crippen molar-refractivity contribution in [2.24, 2.45) is 0 Å². The minimum atomic E-state index is -4.67. The van der Waals surface area contributed by atoms with E-state index in [1.54, 1.807) is 0 Å². The van der Waals surface area contributed by atoms with Crippen molar-refractivity contribution in [2.75, 3.05) is 0 Å². The Kier molecular flexibility index (Phi) is 35.8. The SMILES string of the molecule is CCCCCCCCCCCCCCCCC(O)CCCCCCCCCCCCCCCC.O=S(=O)(O)O. The molecule has 0 saturated carbocycles. The molecule has 0 aromatic carbocycles. The second kappa shape index (κ2) is 34.0. The summed E-state index contributed by atoms with van der Waals surface area (Å²) in [4.78, 5) is 0. The predicted octanol–water partition coefficient (Wildman–Crippen LogP) is 11.4. The van der Waals surface area contributed by atoms with Crippen LogP contribution in [0.3, 0.4) is 0 Å². The van der Waals surface area contributed by atoms with Crippen LogP contribution in [0.5, 0.6) is 0 Å². The van der Waals surface area contributed by atoms with Gasteiger partial charge in [-0.2, -0.15) is 8.42 Å². The lowest BCUT2D eigenvalue weighted by Gasteiger charge is -2.10. The molecule has 0 fully saturated rings. The van der Waals surface area contributed by atoms with Gasteiger partial charge < -0.3 is 5.11 Å². The molecule has 0 aromatic rings. The first kappa shape index (κ1) is 41.0. The van der Waals surface area contributed by atoms with Crippen LogP contribution in [0.25, 0.3) is 0 Å². The van der Waals surface area contributed by atoms with Gasteiger partial charge in [0.15, 0.2) is 0 Å². The average molecular weight is 579 g/mol. The fourth-order valence-corrected chi connectivity index (χ4v) is 5.29. The quantitative estimate of drug-likeness (QED) is 0.0582. The van der Waals surface area contributed by atoms with Crippen molar-refractivity contribution in [1.29, 1.82) is 0 Å². The number of hydrogen-bond donors (Lipinski definition) is 3. The molecular formula is C33H70O5S. The van der Waals surface area contributed by atoms with Gasteiger partial charge in [-0.25, -0.2) is 0 Å². The molecule has 0 bridgehead atoms. The third kappa shape index (κ3) is 47.9. The smallest absolute Gasteiger partial charge is 0.393 e. The third-order valence-corrected chi connectivity index (χ3v) is 7.78. The van der Waals surface area contributed by atoms with E-state index in [1.807, 2.05) is 0 Å². The van der Waals surface area contributed by atoms with Crippen LogP contribution in [-0.2, 0) is 10.4 Å². The molecule has 0 aliphatic heterocycles. The standard InChI is InChI=1S/C33H68O.H2O4S/c1-3-5-7-9-11-13-15-17-19-21-23-25-27-29-31-33(34)32-30-28-26-24-22-20-18-16-14-12-10-8-6-4-2;1-5(2,3)4/h33-34H,3-32H2,1-2H3;(H2,1,2,3,4). The van der Waals surface area contributed by atoms with Crippen molar-refractivity contribution < 1.29 is 22.6 Å². The maximum absolute atomic E-state index is 10.2. The molecule has 0 heterocycles. The molecule has 5 nitrogen and oxygen atoms in total. The first-order valence-electron chi connectivity index (χ1n) is 17.2. The third-order valence-electron chi connectivity index (χ3n) is 7.78. The number of unbranched alkanes of at least 4 members (excludes halogenated alkanes) is 26. The second-order valence-corrected chi connectivity index (χ2v) is 12.8. The lowest BCUT2D eigenvalue weighted by molar-refractivity contribution is 0.147. The second-order valence-electron chi connectivity index (χ2n) is 11.9. The summed E-state index contributed by atoms with van der Waals surface area (Å²) in [7, 11) is -4.67. The topological polar surface area (TPSA) is 94.8 Å². The summed E-state index contributed by atoms with van der Waals surface area (Å²) in [6.07, 6.45) is 41.5. The van der Waals surface area contributed by atoms with E-state index in [-0.39, 0.29) is 6.10 Å². The van der Waals surface area contributed by atoms with E-state index in [0.717, 1.165) is 12.8 Å². The Morgan fingerprint density at radius 3 is 0.718 bits per heavy atom.